The van der Waals surface area contributed by atoms with E-state index in [-0.39, 0.29) is 22.9 Å². The second-order valence-corrected chi connectivity index (χ2v) is 7.94. The van der Waals surface area contributed by atoms with Crippen molar-refractivity contribution in [1.82, 2.24) is 0 Å². The maximum Gasteiger partial charge on any atom is 0.262 e. The van der Waals surface area contributed by atoms with Gasteiger partial charge in [0, 0.05) is 0 Å². The molecule has 0 saturated heterocycles. The summed E-state index contributed by atoms with van der Waals surface area (Å²) in [6, 6.07) is 18.1. The molecule has 0 aliphatic heterocycles. The van der Waals surface area contributed by atoms with Gasteiger partial charge in [0.05, 0.1) is 16.3 Å². The lowest BCUT2D eigenvalue weighted by atomic mass is 10.2. The van der Waals surface area contributed by atoms with E-state index in [4.69, 9.17) is 4.74 Å². The van der Waals surface area contributed by atoms with E-state index in [1.54, 1.807) is 30.3 Å². The topological polar surface area (TPSA) is 84.5 Å². The van der Waals surface area contributed by atoms with Crippen molar-refractivity contribution in [3.05, 3.63) is 84.2 Å². The average molecular weight is 414 g/mol. The van der Waals surface area contributed by atoms with E-state index in [1.807, 2.05) is 19.1 Å². The third-order valence-corrected chi connectivity index (χ3v) is 5.34. The Morgan fingerprint density at radius 3 is 2.21 bits per heavy atom. The minimum Gasteiger partial charge on any atom is -0.484 e. The van der Waals surface area contributed by atoms with Gasteiger partial charge < -0.3 is 10.1 Å². The molecule has 8 heteroatoms. The number of hydrogen-bond acceptors (Lipinski definition) is 4. The highest BCUT2D eigenvalue weighted by Gasteiger charge is 2.17. The Balaban J connectivity index is 1.69. The molecule has 3 aromatic carbocycles. The minimum atomic E-state index is -3.95. The summed E-state index contributed by atoms with van der Waals surface area (Å²) in [4.78, 5) is 12.1. The van der Waals surface area contributed by atoms with Crippen molar-refractivity contribution in [1.29, 1.82) is 0 Å². The molecule has 0 aromatic heterocycles. The zero-order chi connectivity index (χ0) is 20.9. The number of carbonyl (C=O) groups excluding carboxylic acids is 1. The van der Waals surface area contributed by atoms with Crippen molar-refractivity contribution >= 4 is 27.3 Å². The zero-order valence-electron chi connectivity index (χ0n) is 15.6. The minimum absolute atomic E-state index is 0.0947. The molecule has 2 N–H and O–H groups in total. The first-order valence-electron chi connectivity index (χ1n) is 8.70. The van der Waals surface area contributed by atoms with Gasteiger partial charge in [0.2, 0.25) is 0 Å². The Hall–Kier alpha value is -3.39. The number of nitrogens with one attached hydrogen (secondary N) is 2. The molecule has 0 radical (unpaired) electrons. The van der Waals surface area contributed by atoms with Crippen molar-refractivity contribution in [2.24, 2.45) is 0 Å². The molecule has 0 aliphatic rings. The molecule has 0 heterocycles. The number of benzene rings is 3. The fraction of sp³-hybridized carbons (Fsp3) is 0.0952. The lowest BCUT2D eigenvalue weighted by Gasteiger charge is -2.14. The molecule has 3 rings (SSSR count). The summed E-state index contributed by atoms with van der Waals surface area (Å²) < 4.78 is 45.9. The number of carbonyl (C=O) groups is 1. The number of anilines is 2. The maximum absolute atomic E-state index is 13.0. The van der Waals surface area contributed by atoms with Gasteiger partial charge in [-0.25, -0.2) is 12.8 Å². The third-order valence-electron chi connectivity index (χ3n) is 3.96. The molecule has 0 atom stereocenters. The highest BCUT2D eigenvalue weighted by atomic mass is 32.2. The molecular formula is C21H19FN2O4S. The van der Waals surface area contributed by atoms with E-state index in [9.17, 15) is 17.6 Å². The van der Waals surface area contributed by atoms with E-state index in [2.05, 4.69) is 10.0 Å². The summed E-state index contributed by atoms with van der Waals surface area (Å²) in [5.41, 5.74) is 1.53. The van der Waals surface area contributed by atoms with Crippen LogP contribution < -0.4 is 14.8 Å². The van der Waals surface area contributed by atoms with Crippen molar-refractivity contribution in [3.8, 4) is 5.75 Å². The van der Waals surface area contributed by atoms with Gasteiger partial charge in [-0.3, -0.25) is 9.52 Å². The number of ether oxygens (including phenoxy) is 1. The van der Waals surface area contributed by atoms with Crippen LogP contribution >= 0.6 is 0 Å². The van der Waals surface area contributed by atoms with Crippen molar-refractivity contribution < 1.29 is 22.3 Å². The second kappa shape index (κ2) is 8.74. The Kier molecular flexibility index (Phi) is 6.13. The van der Waals surface area contributed by atoms with Crippen LogP contribution in [-0.2, 0) is 14.8 Å². The van der Waals surface area contributed by atoms with Crippen LogP contribution in [0.3, 0.4) is 0 Å². The molecule has 0 bridgehead atoms. The number of rotatable bonds is 7. The number of hydrogen-bond donors (Lipinski definition) is 2. The van der Waals surface area contributed by atoms with E-state index in [0.29, 0.717) is 5.75 Å². The molecule has 0 unspecified atom stereocenters. The average Bonchev–Trinajstić information content (AvgIpc) is 2.69. The number of halogens is 1. The van der Waals surface area contributed by atoms with Gasteiger partial charge in [-0.1, -0.05) is 29.8 Å². The first-order chi connectivity index (χ1) is 13.8. The summed E-state index contributed by atoms with van der Waals surface area (Å²) >= 11 is 0. The molecule has 0 saturated carbocycles. The van der Waals surface area contributed by atoms with Gasteiger partial charge in [0.1, 0.15) is 11.6 Å². The quantitative estimate of drug-likeness (QED) is 0.613. The Morgan fingerprint density at radius 1 is 0.931 bits per heavy atom. The molecule has 6 nitrogen and oxygen atoms in total. The van der Waals surface area contributed by atoms with E-state index < -0.39 is 21.7 Å². The van der Waals surface area contributed by atoms with Gasteiger partial charge in [0.25, 0.3) is 15.9 Å². The molecule has 0 fully saturated rings. The van der Waals surface area contributed by atoms with Crippen LogP contribution in [0, 0.1) is 12.7 Å². The first kappa shape index (κ1) is 20.3. The number of aryl methyl sites for hydroxylation is 1. The lowest BCUT2D eigenvalue weighted by Crippen LogP contribution is -2.21. The number of para-hydroxylation sites is 2. The van der Waals surface area contributed by atoms with Crippen molar-refractivity contribution in [2.75, 3.05) is 16.6 Å². The molecule has 1 amide bonds. The standard InChI is InChI=1S/C21H19FN2O4S/c1-15-6-10-17(11-7-15)28-14-21(25)23-19-4-2-3-5-20(19)24-29(26,27)18-12-8-16(22)9-13-18/h2-13,24H,14H2,1H3,(H,23,25). The van der Waals surface area contributed by atoms with Gasteiger partial charge in [-0.15, -0.1) is 0 Å². The van der Waals surface area contributed by atoms with Crippen LogP contribution in [0.15, 0.2) is 77.7 Å². The van der Waals surface area contributed by atoms with Crippen LogP contribution in [0.1, 0.15) is 5.56 Å². The molecular weight excluding hydrogens is 395 g/mol. The van der Waals surface area contributed by atoms with Crippen molar-refractivity contribution in [2.45, 2.75) is 11.8 Å². The molecule has 3 aromatic rings. The Bertz CT molecular complexity index is 1100. The normalized spacial score (nSPS) is 11.0. The Morgan fingerprint density at radius 2 is 1.55 bits per heavy atom. The lowest BCUT2D eigenvalue weighted by molar-refractivity contribution is -0.118. The molecule has 29 heavy (non-hydrogen) atoms. The van der Waals surface area contributed by atoms with Crippen LogP contribution in [0.25, 0.3) is 0 Å². The summed E-state index contributed by atoms with van der Waals surface area (Å²) in [6.45, 7) is 1.71. The van der Waals surface area contributed by atoms with Gasteiger partial charge in [0.15, 0.2) is 6.61 Å². The smallest absolute Gasteiger partial charge is 0.262 e. The largest absolute Gasteiger partial charge is 0.484 e. The molecule has 0 aliphatic carbocycles. The predicted molar refractivity (Wildman–Crippen MR) is 109 cm³/mol. The highest BCUT2D eigenvalue weighted by Crippen LogP contribution is 2.24. The highest BCUT2D eigenvalue weighted by molar-refractivity contribution is 7.92. The zero-order valence-corrected chi connectivity index (χ0v) is 16.4. The second-order valence-electron chi connectivity index (χ2n) is 6.25. The Labute approximate surface area is 168 Å². The van der Waals surface area contributed by atoms with Crippen LogP contribution in [0.5, 0.6) is 5.75 Å². The van der Waals surface area contributed by atoms with Crippen LogP contribution in [0.4, 0.5) is 15.8 Å². The fourth-order valence-electron chi connectivity index (χ4n) is 2.47. The van der Waals surface area contributed by atoms with Gasteiger partial charge in [-0.05, 0) is 55.5 Å². The summed E-state index contributed by atoms with van der Waals surface area (Å²) in [5.74, 6) is -0.430. The SMILES string of the molecule is Cc1ccc(OCC(=O)Nc2ccccc2NS(=O)(=O)c2ccc(F)cc2)cc1. The van der Waals surface area contributed by atoms with E-state index >= 15 is 0 Å². The van der Waals surface area contributed by atoms with E-state index in [1.165, 1.54) is 6.07 Å². The predicted octanol–water partition coefficient (Wildman–Crippen LogP) is 3.95. The van der Waals surface area contributed by atoms with Crippen LogP contribution in [0.2, 0.25) is 0 Å². The fourth-order valence-corrected chi connectivity index (χ4v) is 3.55. The number of amides is 1. The number of sulfonamides is 1. The van der Waals surface area contributed by atoms with Gasteiger partial charge in [-0.2, -0.15) is 0 Å². The summed E-state index contributed by atoms with van der Waals surface area (Å²) in [7, 11) is -3.95. The van der Waals surface area contributed by atoms with Gasteiger partial charge >= 0.3 is 0 Å². The molecule has 0 spiro atoms. The van der Waals surface area contributed by atoms with Crippen molar-refractivity contribution in [3.63, 3.8) is 0 Å². The summed E-state index contributed by atoms with van der Waals surface area (Å²) in [5, 5.41) is 2.62. The maximum atomic E-state index is 13.0. The first-order valence-corrected chi connectivity index (χ1v) is 10.2. The van der Waals surface area contributed by atoms with E-state index in [0.717, 1.165) is 29.8 Å². The third kappa shape index (κ3) is 5.55. The molecule has 150 valence electrons. The van der Waals surface area contributed by atoms with Crippen LogP contribution in [-0.4, -0.2) is 20.9 Å². The monoisotopic (exact) mass is 414 g/mol. The summed E-state index contributed by atoms with van der Waals surface area (Å²) in [6.07, 6.45) is 0.